The van der Waals surface area contributed by atoms with Gasteiger partial charge in [0.25, 0.3) is 0 Å². The normalized spacial score (nSPS) is 23.2. The summed E-state index contributed by atoms with van der Waals surface area (Å²) in [5.41, 5.74) is 6.02. The molecule has 158 valence electrons. The van der Waals surface area contributed by atoms with Crippen LogP contribution in [0.15, 0.2) is 18.2 Å². The number of nitrogens with zero attached hydrogens (tertiary/aromatic N) is 1. The number of rotatable bonds is 10. The van der Waals surface area contributed by atoms with Gasteiger partial charge < -0.3 is 30.2 Å². The predicted molar refractivity (Wildman–Crippen MR) is 110 cm³/mol. The van der Waals surface area contributed by atoms with Crippen LogP contribution in [0.25, 0.3) is 0 Å². The zero-order chi connectivity index (χ0) is 20.9. The van der Waals surface area contributed by atoms with Crippen LogP contribution in [-0.4, -0.2) is 63.4 Å². The van der Waals surface area contributed by atoms with Crippen molar-refractivity contribution in [1.29, 1.82) is 0 Å². The van der Waals surface area contributed by atoms with Crippen LogP contribution in [0.4, 0.5) is 0 Å². The van der Waals surface area contributed by atoms with E-state index in [1.807, 2.05) is 53.1 Å². The summed E-state index contributed by atoms with van der Waals surface area (Å²) in [5, 5.41) is 2.97. The van der Waals surface area contributed by atoms with Gasteiger partial charge in [-0.2, -0.15) is 0 Å². The minimum atomic E-state index is -0.924. The highest BCUT2D eigenvalue weighted by Gasteiger charge is 2.62. The van der Waals surface area contributed by atoms with Crippen molar-refractivity contribution in [3.8, 4) is 11.5 Å². The van der Waals surface area contributed by atoms with Crippen molar-refractivity contribution in [3.05, 3.63) is 23.8 Å². The van der Waals surface area contributed by atoms with Crippen LogP contribution in [0.1, 0.15) is 32.8 Å². The second-order valence-electron chi connectivity index (χ2n) is 8.16. The van der Waals surface area contributed by atoms with Gasteiger partial charge >= 0.3 is 0 Å². The minimum Gasteiger partial charge on any atom is -0.493 e. The minimum absolute atomic E-state index is 0.00643. The summed E-state index contributed by atoms with van der Waals surface area (Å²) in [5.74, 6) is 1.18. The molecule has 1 aromatic rings. The monoisotopic (exact) mass is 393 g/mol. The van der Waals surface area contributed by atoms with E-state index in [-0.39, 0.29) is 12.0 Å². The maximum absolute atomic E-state index is 12.8. The zero-order valence-corrected chi connectivity index (χ0v) is 18.0. The molecule has 2 atom stereocenters. The molecular formula is C21H35N3O4. The number of nitrogens with two attached hydrogens (primary N) is 1. The molecule has 3 N–H and O–H groups in total. The van der Waals surface area contributed by atoms with E-state index in [4.69, 9.17) is 19.9 Å². The molecule has 0 spiro atoms. The third-order valence-electron chi connectivity index (χ3n) is 5.71. The Bertz CT molecular complexity index is 678. The van der Waals surface area contributed by atoms with Crippen molar-refractivity contribution >= 4 is 5.91 Å². The Kier molecular flexibility index (Phi) is 7.31. The van der Waals surface area contributed by atoms with E-state index in [1.165, 1.54) is 0 Å². The maximum atomic E-state index is 12.8. The number of ether oxygens (including phenoxy) is 3. The van der Waals surface area contributed by atoms with Crippen LogP contribution in [0.3, 0.4) is 0 Å². The van der Waals surface area contributed by atoms with Gasteiger partial charge in [-0.05, 0) is 38.7 Å². The molecule has 1 saturated carbocycles. The highest BCUT2D eigenvalue weighted by molar-refractivity contribution is 5.88. The number of methoxy groups -OCH3 is 1. The third kappa shape index (κ3) is 4.59. The summed E-state index contributed by atoms with van der Waals surface area (Å²) in [6.45, 7) is 8.31. The highest BCUT2D eigenvalue weighted by Crippen LogP contribution is 2.49. The maximum Gasteiger partial charge on any atom is 0.241 e. The lowest BCUT2D eigenvalue weighted by Crippen LogP contribution is -2.75. The zero-order valence-electron chi connectivity index (χ0n) is 18.0. The first kappa shape index (κ1) is 22.5. The number of likely N-dealkylation sites (N-methyl/N-ethyl adjacent to an activating group) is 1. The van der Waals surface area contributed by atoms with Crippen LogP contribution in [0.2, 0.25) is 0 Å². The summed E-state index contributed by atoms with van der Waals surface area (Å²) in [7, 11) is 5.60. The summed E-state index contributed by atoms with van der Waals surface area (Å²) >= 11 is 0. The standard InChI is InChI=1S/C21H35N3O4/c1-7-27-18-13-21(22,20(18,2)3)19(25)23-14-15-8-9-16(17(12-15)26-6)28-11-10-24(4)5/h8-9,12,18H,7,10-11,13-14,22H2,1-6H3,(H,23,25). The van der Waals surface area contributed by atoms with Crippen molar-refractivity contribution in [2.75, 3.05) is 41.0 Å². The second-order valence-corrected chi connectivity index (χ2v) is 8.16. The van der Waals surface area contributed by atoms with Gasteiger partial charge in [0.2, 0.25) is 5.91 Å². The van der Waals surface area contributed by atoms with Crippen molar-refractivity contribution < 1.29 is 19.0 Å². The Morgan fingerprint density at radius 2 is 2.04 bits per heavy atom. The fraction of sp³-hybridized carbons (Fsp3) is 0.667. The Hall–Kier alpha value is -1.83. The molecular weight excluding hydrogens is 358 g/mol. The quantitative estimate of drug-likeness (QED) is 0.630. The fourth-order valence-corrected chi connectivity index (χ4v) is 3.44. The number of carbonyl (C=O) groups is 1. The smallest absolute Gasteiger partial charge is 0.241 e. The van der Waals surface area contributed by atoms with Gasteiger partial charge in [-0.25, -0.2) is 0 Å². The van der Waals surface area contributed by atoms with Gasteiger partial charge in [0.05, 0.1) is 13.2 Å². The van der Waals surface area contributed by atoms with Crippen LogP contribution in [-0.2, 0) is 16.1 Å². The summed E-state index contributed by atoms with van der Waals surface area (Å²) < 4.78 is 16.9. The first-order valence-electron chi connectivity index (χ1n) is 9.79. The van der Waals surface area contributed by atoms with Gasteiger partial charge in [-0.15, -0.1) is 0 Å². The molecule has 28 heavy (non-hydrogen) atoms. The molecule has 0 heterocycles. The van der Waals surface area contributed by atoms with Gasteiger partial charge in [0.15, 0.2) is 11.5 Å². The summed E-state index contributed by atoms with van der Waals surface area (Å²) in [4.78, 5) is 14.8. The first-order valence-corrected chi connectivity index (χ1v) is 9.79. The molecule has 0 saturated heterocycles. The van der Waals surface area contributed by atoms with E-state index in [1.54, 1.807) is 7.11 Å². The molecule has 1 aliphatic rings. The molecule has 1 aliphatic carbocycles. The van der Waals surface area contributed by atoms with E-state index in [9.17, 15) is 4.79 Å². The molecule has 7 heteroatoms. The molecule has 7 nitrogen and oxygen atoms in total. The molecule has 1 fully saturated rings. The molecule has 0 radical (unpaired) electrons. The lowest BCUT2D eigenvalue weighted by Gasteiger charge is -2.57. The van der Waals surface area contributed by atoms with Crippen LogP contribution >= 0.6 is 0 Å². The largest absolute Gasteiger partial charge is 0.493 e. The SMILES string of the molecule is CCOC1CC(N)(C(=O)NCc2ccc(OCCN(C)C)c(OC)c2)C1(C)C. The molecule has 2 unspecified atom stereocenters. The fourth-order valence-electron chi connectivity index (χ4n) is 3.44. The number of amides is 1. The van der Waals surface area contributed by atoms with E-state index in [0.717, 1.165) is 12.1 Å². The molecule has 2 rings (SSSR count). The van der Waals surface area contributed by atoms with E-state index < -0.39 is 11.0 Å². The van der Waals surface area contributed by atoms with Gasteiger partial charge in [-0.3, -0.25) is 4.79 Å². The lowest BCUT2D eigenvalue weighted by molar-refractivity contribution is -0.170. The average molecular weight is 394 g/mol. The topological polar surface area (TPSA) is 86.0 Å². The summed E-state index contributed by atoms with van der Waals surface area (Å²) in [6, 6.07) is 5.67. The number of hydrogen-bond donors (Lipinski definition) is 2. The van der Waals surface area contributed by atoms with Crippen LogP contribution in [0, 0.1) is 5.41 Å². The average Bonchev–Trinajstić information content (AvgIpc) is 2.65. The van der Waals surface area contributed by atoms with Crippen molar-refractivity contribution in [2.45, 2.75) is 45.4 Å². The Labute approximate surface area is 168 Å². The predicted octanol–water partition coefficient (Wildman–Crippen LogP) is 1.78. The van der Waals surface area contributed by atoms with Crippen molar-refractivity contribution in [1.82, 2.24) is 10.2 Å². The number of nitrogens with one attached hydrogen (secondary N) is 1. The van der Waals surface area contributed by atoms with Crippen molar-refractivity contribution in [2.24, 2.45) is 11.1 Å². The second kappa shape index (κ2) is 9.11. The van der Waals surface area contributed by atoms with Gasteiger partial charge in [0.1, 0.15) is 12.1 Å². The third-order valence-corrected chi connectivity index (χ3v) is 5.71. The lowest BCUT2D eigenvalue weighted by atomic mass is 9.54. The van der Waals surface area contributed by atoms with Gasteiger partial charge in [0, 0.05) is 31.5 Å². The molecule has 0 aromatic heterocycles. The Morgan fingerprint density at radius 3 is 2.61 bits per heavy atom. The Morgan fingerprint density at radius 1 is 1.32 bits per heavy atom. The summed E-state index contributed by atoms with van der Waals surface area (Å²) in [6.07, 6.45) is 0.536. The molecule has 1 amide bonds. The van der Waals surface area contributed by atoms with E-state index in [2.05, 4.69) is 10.2 Å². The molecule has 1 aromatic carbocycles. The van der Waals surface area contributed by atoms with Gasteiger partial charge in [-0.1, -0.05) is 19.9 Å². The number of hydrogen-bond acceptors (Lipinski definition) is 6. The molecule has 0 bridgehead atoms. The first-order chi connectivity index (χ1) is 13.2. The number of carbonyl (C=O) groups excluding carboxylic acids is 1. The molecule has 0 aliphatic heterocycles. The number of benzene rings is 1. The van der Waals surface area contributed by atoms with Crippen LogP contribution in [0.5, 0.6) is 11.5 Å². The van der Waals surface area contributed by atoms with Crippen molar-refractivity contribution in [3.63, 3.8) is 0 Å². The Balaban J connectivity index is 1.96. The van der Waals surface area contributed by atoms with Crippen LogP contribution < -0.4 is 20.5 Å². The van der Waals surface area contributed by atoms with E-state index >= 15 is 0 Å². The van der Waals surface area contributed by atoms with E-state index in [0.29, 0.717) is 37.7 Å². The highest BCUT2D eigenvalue weighted by atomic mass is 16.5.